The van der Waals surface area contributed by atoms with E-state index in [0.29, 0.717) is 18.0 Å². The van der Waals surface area contributed by atoms with E-state index in [0.717, 1.165) is 30.5 Å². The molecule has 0 saturated carbocycles. The Morgan fingerprint density at radius 3 is 2.37 bits per heavy atom. The van der Waals surface area contributed by atoms with Crippen molar-refractivity contribution in [1.29, 1.82) is 0 Å². The maximum Gasteiger partial charge on any atom is 0.299 e. The monoisotopic (exact) mass is 259 g/mol. The number of carbonyl (C=O) groups excluding carboxylic acids is 2. The molecule has 0 bridgehead atoms. The minimum Gasteiger partial charge on any atom is -0.304 e. The number of fused-ring (bicyclic) bond motifs is 1. The third kappa shape index (κ3) is 2.42. The summed E-state index contributed by atoms with van der Waals surface area (Å²) in [5, 5.41) is 0. The van der Waals surface area contributed by atoms with Crippen molar-refractivity contribution in [3.63, 3.8) is 0 Å². The Bertz CT molecular complexity index is 503. The average Bonchev–Trinajstić information content (AvgIpc) is 2.68. The van der Waals surface area contributed by atoms with Crippen LogP contribution in [0.3, 0.4) is 0 Å². The molecule has 0 aliphatic carbocycles. The molecule has 0 aromatic heterocycles. The minimum atomic E-state index is -0.366. The van der Waals surface area contributed by atoms with Crippen LogP contribution in [0.15, 0.2) is 18.2 Å². The normalized spacial score (nSPS) is 14.4. The fourth-order valence-corrected chi connectivity index (χ4v) is 2.55. The molecule has 1 aliphatic heterocycles. The zero-order valence-electron chi connectivity index (χ0n) is 11.9. The molecule has 0 radical (unpaired) electrons. The lowest BCUT2D eigenvalue weighted by molar-refractivity contribution is -0.114. The molecule has 1 aromatic carbocycles. The highest BCUT2D eigenvalue weighted by atomic mass is 16.2. The number of Topliss-reactive ketones (excluding diaryl/α,β-unsaturated/α-hetero) is 1. The Morgan fingerprint density at radius 2 is 1.79 bits per heavy atom. The van der Waals surface area contributed by atoms with Crippen LogP contribution in [0.5, 0.6) is 0 Å². The molecule has 0 fully saturated rings. The summed E-state index contributed by atoms with van der Waals surface area (Å²) < 4.78 is 0. The van der Waals surface area contributed by atoms with Crippen LogP contribution in [0, 0.1) is 5.92 Å². The van der Waals surface area contributed by atoms with E-state index in [1.165, 1.54) is 0 Å². The molecule has 1 aliphatic rings. The summed E-state index contributed by atoms with van der Waals surface area (Å²) in [6.45, 7) is 6.94. The van der Waals surface area contributed by atoms with Gasteiger partial charge in [0.25, 0.3) is 11.7 Å². The van der Waals surface area contributed by atoms with E-state index in [4.69, 9.17) is 0 Å². The topological polar surface area (TPSA) is 37.4 Å². The van der Waals surface area contributed by atoms with Crippen LogP contribution in [0.4, 0.5) is 5.69 Å². The zero-order chi connectivity index (χ0) is 14.0. The molecule has 2 rings (SSSR count). The Morgan fingerprint density at radius 1 is 1.11 bits per heavy atom. The van der Waals surface area contributed by atoms with Gasteiger partial charge in [0.1, 0.15) is 0 Å². The molecule has 1 amide bonds. The Kier molecular flexibility index (Phi) is 4.03. The van der Waals surface area contributed by atoms with Gasteiger partial charge in [-0.05, 0) is 30.0 Å². The van der Waals surface area contributed by atoms with Gasteiger partial charge in [-0.3, -0.25) is 9.59 Å². The van der Waals surface area contributed by atoms with Crippen LogP contribution in [-0.4, -0.2) is 18.2 Å². The third-order valence-corrected chi connectivity index (χ3v) is 4.04. The van der Waals surface area contributed by atoms with Crippen molar-refractivity contribution in [2.75, 3.05) is 11.4 Å². The van der Waals surface area contributed by atoms with Crippen molar-refractivity contribution in [3.8, 4) is 0 Å². The second kappa shape index (κ2) is 5.55. The second-order valence-electron chi connectivity index (χ2n) is 5.13. The van der Waals surface area contributed by atoms with Gasteiger partial charge < -0.3 is 4.90 Å². The van der Waals surface area contributed by atoms with Gasteiger partial charge in [0.05, 0.1) is 11.3 Å². The van der Waals surface area contributed by atoms with Crippen LogP contribution >= 0.6 is 0 Å². The number of anilines is 1. The van der Waals surface area contributed by atoms with Crippen molar-refractivity contribution in [1.82, 2.24) is 0 Å². The molecule has 3 heteroatoms. The lowest BCUT2D eigenvalue weighted by Gasteiger charge is -2.22. The van der Waals surface area contributed by atoms with Gasteiger partial charge in [-0.15, -0.1) is 0 Å². The van der Waals surface area contributed by atoms with Gasteiger partial charge in [-0.25, -0.2) is 0 Å². The van der Waals surface area contributed by atoms with E-state index in [1.54, 1.807) is 4.90 Å². The maximum absolute atomic E-state index is 12.1. The smallest absolute Gasteiger partial charge is 0.299 e. The van der Waals surface area contributed by atoms with Gasteiger partial charge in [0.2, 0.25) is 0 Å². The highest BCUT2D eigenvalue weighted by molar-refractivity contribution is 6.52. The van der Waals surface area contributed by atoms with Crippen LogP contribution in [0.25, 0.3) is 0 Å². The summed E-state index contributed by atoms with van der Waals surface area (Å²) in [6, 6.07) is 5.78. The Balaban J connectivity index is 2.34. The lowest BCUT2D eigenvalue weighted by Crippen LogP contribution is -2.34. The third-order valence-electron chi connectivity index (χ3n) is 4.04. The van der Waals surface area contributed by atoms with Crippen molar-refractivity contribution in [3.05, 3.63) is 29.3 Å². The molecular weight excluding hydrogens is 238 g/mol. The van der Waals surface area contributed by atoms with Gasteiger partial charge in [-0.2, -0.15) is 0 Å². The fourth-order valence-electron chi connectivity index (χ4n) is 2.55. The average molecular weight is 259 g/mol. The number of nitrogens with zero attached hydrogens (tertiary/aromatic N) is 1. The molecule has 0 saturated heterocycles. The molecule has 19 heavy (non-hydrogen) atoms. The molecule has 0 atom stereocenters. The number of rotatable bonds is 5. The summed E-state index contributed by atoms with van der Waals surface area (Å²) in [5.41, 5.74) is 2.47. The summed E-state index contributed by atoms with van der Waals surface area (Å²) in [7, 11) is 0. The maximum atomic E-state index is 12.1. The first-order valence-electron chi connectivity index (χ1n) is 7.11. The summed E-state index contributed by atoms with van der Waals surface area (Å²) in [6.07, 6.45) is 2.93. The van der Waals surface area contributed by atoms with Crippen molar-refractivity contribution in [2.24, 2.45) is 5.92 Å². The highest BCUT2D eigenvalue weighted by Gasteiger charge is 2.36. The predicted octanol–water partition coefficient (Wildman–Crippen LogP) is 3.21. The fraction of sp³-hybridized carbons (Fsp3) is 0.500. The lowest BCUT2D eigenvalue weighted by atomic mass is 10.0. The number of hydrogen-bond acceptors (Lipinski definition) is 2. The van der Waals surface area contributed by atoms with Gasteiger partial charge >= 0.3 is 0 Å². The molecule has 0 unspecified atom stereocenters. The van der Waals surface area contributed by atoms with E-state index < -0.39 is 0 Å². The number of aryl methyl sites for hydroxylation is 1. The first kappa shape index (κ1) is 13.8. The predicted molar refractivity (Wildman–Crippen MR) is 76.6 cm³/mol. The zero-order valence-corrected chi connectivity index (χ0v) is 11.9. The molecule has 0 N–H and O–H groups in total. The van der Waals surface area contributed by atoms with E-state index >= 15 is 0 Å². The standard InChI is InChI=1S/C16H21NO2/c1-4-11(5-2)10-17-14-8-7-12(6-3)9-13(14)15(18)16(17)19/h7-9,11H,4-6,10H2,1-3H3. The van der Waals surface area contributed by atoms with E-state index in [2.05, 4.69) is 13.8 Å². The summed E-state index contributed by atoms with van der Waals surface area (Å²) in [4.78, 5) is 25.8. The van der Waals surface area contributed by atoms with Crippen LogP contribution in [0.1, 0.15) is 49.5 Å². The summed E-state index contributed by atoms with van der Waals surface area (Å²) in [5.74, 6) is -0.264. The van der Waals surface area contributed by atoms with Gasteiger partial charge in [-0.1, -0.05) is 39.7 Å². The van der Waals surface area contributed by atoms with Crippen LogP contribution in [0.2, 0.25) is 0 Å². The Labute approximate surface area is 114 Å². The number of benzene rings is 1. The molecule has 1 heterocycles. The number of hydrogen-bond donors (Lipinski definition) is 0. The Hall–Kier alpha value is -1.64. The number of amides is 1. The van der Waals surface area contributed by atoms with E-state index in [1.807, 2.05) is 25.1 Å². The van der Waals surface area contributed by atoms with Crippen molar-refractivity contribution >= 4 is 17.4 Å². The minimum absolute atomic E-state index is 0.351. The largest absolute Gasteiger partial charge is 0.304 e. The quantitative estimate of drug-likeness (QED) is 0.761. The molecule has 3 nitrogen and oxygen atoms in total. The van der Waals surface area contributed by atoms with E-state index in [9.17, 15) is 9.59 Å². The van der Waals surface area contributed by atoms with E-state index in [-0.39, 0.29) is 11.7 Å². The number of carbonyl (C=O) groups is 2. The van der Waals surface area contributed by atoms with Gasteiger partial charge in [0.15, 0.2) is 0 Å². The molecule has 1 aromatic rings. The van der Waals surface area contributed by atoms with Gasteiger partial charge in [0, 0.05) is 6.54 Å². The van der Waals surface area contributed by atoms with Crippen LogP contribution < -0.4 is 4.90 Å². The SMILES string of the molecule is CCc1ccc2c(c1)C(=O)C(=O)N2CC(CC)CC. The first-order chi connectivity index (χ1) is 9.12. The summed E-state index contributed by atoms with van der Waals surface area (Å²) >= 11 is 0. The van der Waals surface area contributed by atoms with Crippen molar-refractivity contribution in [2.45, 2.75) is 40.0 Å². The van der Waals surface area contributed by atoms with Crippen LogP contribution in [-0.2, 0) is 11.2 Å². The first-order valence-corrected chi connectivity index (χ1v) is 7.11. The highest BCUT2D eigenvalue weighted by Crippen LogP contribution is 2.31. The second-order valence-corrected chi connectivity index (χ2v) is 5.13. The molecule has 0 spiro atoms. The molecule has 102 valence electrons. The number of ketones is 1. The van der Waals surface area contributed by atoms with Crippen molar-refractivity contribution < 1.29 is 9.59 Å². The molecular formula is C16H21NO2.